The smallest absolute Gasteiger partial charge is 0.153 e. The summed E-state index contributed by atoms with van der Waals surface area (Å²) in [6.07, 6.45) is -0.751. The zero-order valence-corrected chi connectivity index (χ0v) is 10.7. The molecule has 4 nitrogen and oxygen atoms in total. The van der Waals surface area contributed by atoms with Gasteiger partial charge >= 0.3 is 0 Å². The molecular weight excluding hydrogens is 240 g/mol. The third-order valence-electron chi connectivity index (χ3n) is 2.48. The van der Waals surface area contributed by atoms with E-state index >= 15 is 0 Å². The van der Waals surface area contributed by atoms with E-state index in [1.54, 1.807) is 0 Å². The lowest BCUT2D eigenvalue weighted by Crippen LogP contribution is -2.26. The van der Waals surface area contributed by atoms with Gasteiger partial charge in [0.15, 0.2) is 9.84 Å². The first-order valence-electron chi connectivity index (χ1n) is 5.48. The third-order valence-corrected chi connectivity index (χ3v) is 4.20. The fourth-order valence-electron chi connectivity index (χ4n) is 1.46. The van der Waals surface area contributed by atoms with Crippen LogP contribution in [0.25, 0.3) is 0 Å². The van der Waals surface area contributed by atoms with Crippen molar-refractivity contribution in [1.29, 1.82) is 0 Å². The van der Waals surface area contributed by atoms with Crippen LogP contribution in [0.2, 0.25) is 0 Å². The van der Waals surface area contributed by atoms with Crippen LogP contribution in [0.1, 0.15) is 11.1 Å². The van der Waals surface area contributed by atoms with Crippen LogP contribution in [-0.2, 0) is 16.3 Å². The Morgan fingerprint density at radius 3 is 2.35 bits per heavy atom. The molecule has 1 aromatic carbocycles. The number of aliphatic hydroxyl groups excluding tert-OH is 2. The average Bonchev–Trinajstić information content (AvgIpc) is 2.28. The normalized spacial score (nSPS) is 13.6. The second kappa shape index (κ2) is 6.14. The Hall–Kier alpha value is -0.910. The quantitative estimate of drug-likeness (QED) is 0.770. The summed E-state index contributed by atoms with van der Waals surface area (Å²) in [5.74, 6) is -0.386. The van der Waals surface area contributed by atoms with Gasteiger partial charge in [0.05, 0.1) is 24.2 Å². The topological polar surface area (TPSA) is 74.6 Å². The standard InChI is InChI=1S/C12H18O4S/c1-10-2-4-11(5-3-10)6-7-17(15,16)9-12(14)8-13/h2-5,12-14H,6-9H2,1H3/t12-/m0/s1. The van der Waals surface area contributed by atoms with Crippen molar-refractivity contribution >= 4 is 9.84 Å². The molecule has 0 fully saturated rings. The van der Waals surface area contributed by atoms with E-state index in [2.05, 4.69) is 0 Å². The molecule has 0 saturated carbocycles. The summed E-state index contributed by atoms with van der Waals surface area (Å²) in [5.41, 5.74) is 2.09. The maximum Gasteiger partial charge on any atom is 0.153 e. The average molecular weight is 258 g/mol. The van der Waals surface area contributed by atoms with Gasteiger partial charge in [0.25, 0.3) is 0 Å². The minimum absolute atomic E-state index is 0.00682. The molecule has 1 aromatic rings. The van der Waals surface area contributed by atoms with Gasteiger partial charge in [0, 0.05) is 0 Å². The molecule has 0 heterocycles. The predicted octanol–water partition coefficient (Wildman–Crippen LogP) is 0.306. The summed E-state index contributed by atoms with van der Waals surface area (Å²) in [4.78, 5) is 0. The first kappa shape index (κ1) is 14.2. The molecule has 0 aliphatic carbocycles. The highest BCUT2D eigenvalue weighted by molar-refractivity contribution is 7.91. The van der Waals surface area contributed by atoms with Crippen LogP contribution in [0.5, 0.6) is 0 Å². The Bertz CT molecular complexity index is 436. The monoisotopic (exact) mass is 258 g/mol. The van der Waals surface area contributed by atoms with E-state index < -0.39 is 22.5 Å². The molecular formula is C12H18O4S. The van der Waals surface area contributed by atoms with Crippen molar-refractivity contribution in [3.8, 4) is 0 Å². The highest BCUT2D eigenvalue weighted by Crippen LogP contribution is 2.06. The highest BCUT2D eigenvalue weighted by Gasteiger charge is 2.16. The van der Waals surface area contributed by atoms with Crippen molar-refractivity contribution in [2.24, 2.45) is 0 Å². The largest absolute Gasteiger partial charge is 0.394 e. The van der Waals surface area contributed by atoms with Gasteiger partial charge in [-0.05, 0) is 18.9 Å². The Kier molecular flexibility index (Phi) is 5.11. The molecule has 0 amide bonds. The number of hydrogen-bond acceptors (Lipinski definition) is 4. The van der Waals surface area contributed by atoms with Crippen molar-refractivity contribution in [3.05, 3.63) is 35.4 Å². The maximum atomic E-state index is 11.6. The van der Waals surface area contributed by atoms with Gasteiger partial charge in [0.2, 0.25) is 0 Å². The lowest BCUT2D eigenvalue weighted by Gasteiger charge is -2.08. The Labute approximate surface area is 102 Å². The minimum atomic E-state index is -3.31. The summed E-state index contributed by atoms with van der Waals surface area (Å²) < 4.78 is 23.1. The molecule has 0 aliphatic heterocycles. The van der Waals surface area contributed by atoms with Crippen molar-refractivity contribution in [1.82, 2.24) is 0 Å². The molecule has 0 spiro atoms. The first-order valence-corrected chi connectivity index (χ1v) is 7.30. The van der Waals surface area contributed by atoms with E-state index in [-0.39, 0.29) is 11.5 Å². The fraction of sp³-hybridized carbons (Fsp3) is 0.500. The Morgan fingerprint density at radius 1 is 1.24 bits per heavy atom. The molecule has 5 heteroatoms. The molecule has 17 heavy (non-hydrogen) atoms. The fourth-order valence-corrected chi connectivity index (χ4v) is 2.86. The van der Waals surface area contributed by atoms with Crippen LogP contribution in [0.3, 0.4) is 0 Å². The molecule has 96 valence electrons. The van der Waals surface area contributed by atoms with Crippen LogP contribution in [-0.4, -0.2) is 42.8 Å². The molecule has 0 bridgehead atoms. The molecule has 1 atom stereocenters. The molecule has 0 saturated heterocycles. The van der Waals surface area contributed by atoms with Gasteiger partial charge in [-0.1, -0.05) is 29.8 Å². The molecule has 2 N–H and O–H groups in total. The Balaban J connectivity index is 2.52. The van der Waals surface area contributed by atoms with Crippen LogP contribution in [0.15, 0.2) is 24.3 Å². The second-order valence-corrected chi connectivity index (χ2v) is 6.42. The number of aryl methyl sites for hydroxylation is 2. The van der Waals surface area contributed by atoms with Crippen molar-refractivity contribution in [2.45, 2.75) is 19.4 Å². The lowest BCUT2D eigenvalue weighted by molar-refractivity contribution is 0.112. The van der Waals surface area contributed by atoms with Crippen LogP contribution in [0.4, 0.5) is 0 Å². The summed E-state index contributed by atoms with van der Waals surface area (Å²) in [6, 6.07) is 7.66. The number of benzene rings is 1. The first-order chi connectivity index (χ1) is 7.93. The molecule has 0 aliphatic rings. The summed E-state index contributed by atoms with van der Waals surface area (Å²) in [5, 5.41) is 17.7. The predicted molar refractivity (Wildman–Crippen MR) is 66.6 cm³/mol. The lowest BCUT2D eigenvalue weighted by atomic mass is 10.1. The van der Waals surface area contributed by atoms with E-state index in [9.17, 15) is 8.42 Å². The van der Waals surface area contributed by atoms with Gasteiger partial charge < -0.3 is 10.2 Å². The zero-order valence-electron chi connectivity index (χ0n) is 9.83. The maximum absolute atomic E-state index is 11.6. The van der Waals surface area contributed by atoms with Gasteiger partial charge in [-0.25, -0.2) is 8.42 Å². The van der Waals surface area contributed by atoms with Crippen LogP contribution in [0, 0.1) is 6.92 Å². The zero-order chi connectivity index (χ0) is 12.9. The van der Waals surface area contributed by atoms with Gasteiger partial charge in [-0.3, -0.25) is 0 Å². The highest BCUT2D eigenvalue weighted by atomic mass is 32.2. The van der Waals surface area contributed by atoms with E-state index in [0.717, 1.165) is 11.1 Å². The second-order valence-electron chi connectivity index (χ2n) is 4.19. The van der Waals surface area contributed by atoms with Gasteiger partial charge in [-0.15, -0.1) is 0 Å². The molecule has 1 rings (SSSR count). The minimum Gasteiger partial charge on any atom is -0.394 e. The summed E-state index contributed by atoms with van der Waals surface area (Å²) in [6.45, 7) is 1.45. The van der Waals surface area contributed by atoms with Crippen LogP contribution >= 0.6 is 0 Å². The van der Waals surface area contributed by atoms with Crippen LogP contribution < -0.4 is 0 Å². The summed E-state index contributed by atoms with van der Waals surface area (Å²) in [7, 11) is -3.31. The number of hydrogen-bond donors (Lipinski definition) is 2. The third kappa shape index (κ3) is 5.30. The molecule has 0 aromatic heterocycles. The summed E-state index contributed by atoms with van der Waals surface area (Å²) >= 11 is 0. The van der Waals surface area contributed by atoms with E-state index in [4.69, 9.17) is 10.2 Å². The van der Waals surface area contributed by atoms with Crippen molar-refractivity contribution in [3.63, 3.8) is 0 Å². The Morgan fingerprint density at radius 2 is 1.82 bits per heavy atom. The number of rotatable bonds is 6. The van der Waals surface area contributed by atoms with Gasteiger partial charge in [0.1, 0.15) is 0 Å². The van der Waals surface area contributed by atoms with Gasteiger partial charge in [-0.2, -0.15) is 0 Å². The number of sulfone groups is 1. The van der Waals surface area contributed by atoms with E-state index in [1.165, 1.54) is 0 Å². The van der Waals surface area contributed by atoms with Crippen molar-refractivity contribution < 1.29 is 18.6 Å². The van der Waals surface area contributed by atoms with E-state index in [1.807, 2.05) is 31.2 Å². The molecule has 0 radical (unpaired) electrons. The SMILES string of the molecule is Cc1ccc(CCS(=O)(=O)C[C@@H](O)CO)cc1. The number of aliphatic hydroxyl groups is 2. The van der Waals surface area contributed by atoms with Crippen molar-refractivity contribution in [2.75, 3.05) is 18.1 Å². The van der Waals surface area contributed by atoms with E-state index in [0.29, 0.717) is 6.42 Å². The molecule has 0 unspecified atom stereocenters.